The number of hydrogen-bond acceptors (Lipinski definition) is 4. The van der Waals surface area contributed by atoms with Gasteiger partial charge in [-0.25, -0.2) is 0 Å². The fourth-order valence-electron chi connectivity index (χ4n) is 2.92. The smallest absolute Gasteiger partial charge is 0.326 e. The Morgan fingerprint density at radius 1 is 1.42 bits per heavy atom. The summed E-state index contributed by atoms with van der Waals surface area (Å²) in [6.45, 7) is 5.11. The predicted molar refractivity (Wildman–Crippen MR) is 82.7 cm³/mol. The van der Waals surface area contributed by atoms with E-state index in [4.69, 9.17) is 4.74 Å². The molecule has 1 fully saturated rings. The zero-order valence-electron chi connectivity index (χ0n) is 12.7. The Labute approximate surface area is 122 Å². The largest absolute Gasteiger partial charge is 0.468 e. The van der Waals surface area contributed by atoms with Gasteiger partial charge in [0.05, 0.1) is 7.11 Å². The lowest BCUT2D eigenvalue weighted by atomic mass is 9.81. The fourth-order valence-corrected chi connectivity index (χ4v) is 4.36. The molecule has 112 valence electrons. The number of thioether (sulfide) groups is 1. The molecule has 1 rings (SSSR count). The lowest BCUT2D eigenvalue weighted by molar-refractivity contribution is -0.150. The zero-order valence-corrected chi connectivity index (χ0v) is 13.5. The number of methoxy groups -OCH3 is 1. The normalized spacial score (nSPS) is 27.2. The number of carbonyl (C=O) groups is 1. The first-order valence-corrected chi connectivity index (χ1v) is 8.68. The maximum absolute atomic E-state index is 12.1. The van der Waals surface area contributed by atoms with E-state index in [1.54, 1.807) is 0 Å². The number of rotatable bonds is 8. The van der Waals surface area contributed by atoms with Crippen LogP contribution in [0.4, 0.5) is 0 Å². The maximum Gasteiger partial charge on any atom is 0.326 e. The van der Waals surface area contributed by atoms with Crippen molar-refractivity contribution >= 4 is 17.7 Å². The van der Waals surface area contributed by atoms with Gasteiger partial charge in [-0.2, -0.15) is 11.8 Å². The van der Waals surface area contributed by atoms with Crippen LogP contribution >= 0.6 is 11.8 Å². The van der Waals surface area contributed by atoms with Crippen molar-refractivity contribution in [3.63, 3.8) is 0 Å². The highest BCUT2D eigenvalue weighted by atomic mass is 32.2. The highest BCUT2D eigenvalue weighted by Crippen LogP contribution is 2.36. The average molecular weight is 287 g/mol. The van der Waals surface area contributed by atoms with Crippen LogP contribution in [0.15, 0.2) is 0 Å². The summed E-state index contributed by atoms with van der Waals surface area (Å²) in [6, 6.07) is 0. The molecule has 0 saturated heterocycles. The third kappa shape index (κ3) is 4.99. The molecule has 2 unspecified atom stereocenters. The first-order valence-electron chi connectivity index (χ1n) is 7.63. The number of unbranched alkanes of at least 4 members (excludes halogenated alkanes) is 2. The van der Waals surface area contributed by atoms with E-state index in [-0.39, 0.29) is 5.97 Å². The predicted octanol–water partition coefficient (Wildman–Crippen LogP) is 3.37. The summed E-state index contributed by atoms with van der Waals surface area (Å²) in [7, 11) is 1.50. The van der Waals surface area contributed by atoms with Gasteiger partial charge in [-0.3, -0.25) is 4.79 Å². The van der Waals surface area contributed by atoms with Gasteiger partial charge in [-0.15, -0.1) is 0 Å². The molecule has 1 saturated carbocycles. The Morgan fingerprint density at radius 3 is 2.84 bits per heavy atom. The summed E-state index contributed by atoms with van der Waals surface area (Å²) in [5.41, 5.74) is -0.426. The van der Waals surface area contributed by atoms with Crippen LogP contribution in [0.5, 0.6) is 0 Å². The summed E-state index contributed by atoms with van der Waals surface area (Å²) in [5.74, 6) is 1.15. The van der Waals surface area contributed by atoms with Gasteiger partial charge in [-0.05, 0) is 44.4 Å². The van der Waals surface area contributed by atoms with E-state index >= 15 is 0 Å². The standard InChI is InChI=1S/C15H29NO2S/c1-4-6-7-11-19-13-9-8-10-15(12-13,16-5-2)14(17)18-3/h13,16H,4-12H2,1-3H3. The molecule has 0 bridgehead atoms. The first kappa shape index (κ1) is 16.8. The van der Waals surface area contributed by atoms with Crippen molar-refractivity contribution < 1.29 is 9.53 Å². The number of likely N-dealkylation sites (N-methyl/N-ethyl adjacent to an activating group) is 1. The molecule has 19 heavy (non-hydrogen) atoms. The monoisotopic (exact) mass is 287 g/mol. The van der Waals surface area contributed by atoms with Gasteiger partial charge in [0.25, 0.3) is 0 Å². The van der Waals surface area contributed by atoms with E-state index in [2.05, 4.69) is 19.2 Å². The van der Waals surface area contributed by atoms with Gasteiger partial charge in [0.1, 0.15) is 5.54 Å². The Bertz CT molecular complexity index is 269. The van der Waals surface area contributed by atoms with Crippen LogP contribution in [0.3, 0.4) is 0 Å². The summed E-state index contributed by atoms with van der Waals surface area (Å²) in [4.78, 5) is 12.1. The number of ether oxygens (including phenoxy) is 1. The zero-order chi connectivity index (χ0) is 14.1. The second-order valence-electron chi connectivity index (χ2n) is 5.40. The molecule has 0 aliphatic heterocycles. The topological polar surface area (TPSA) is 38.3 Å². The summed E-state index contributed by atoms with van der Waals surface area (Å²) in [6.07, 6.45) is 8.08. The van der Waals surface area contributed by atoms with Crippen molar-refractivity contribution in [1.82, 2.24) is 5.32 Å². The third-order valence-electron chi connectivity index (χ3n) is 3.90. The summed E-state index contributed by atoms with van der Waals surface area (Å²) in [5, 5.41) is 3.99. The van der Waals surface area contributed by atoms with Gasteiger partial charge in [0.2, 0.25) is 0 Å². The van der Waals surface area contributed by atoms with E-state index in [1.807, 2.05) is 11.8 Å². The Kier molecular flexibility index (Phi) is 7.84. The number of hydrogen-bond donors (Lipinski definition) is 1. The second kappa shape index (κ2) is 8.85. The SMILES string of the molecule is CCCCCSC1CCCC(NCC)(C(=O)OC)C1. The van der Waals surface area contributed by atoms with E-state index in [0.29, 0.717) is 5.25 Å². The number of esters is 1. The minimum absolute atomic E-state index is 0.0757. The first-order chi connectivity index (χ1) is 9.18. The molecular weight excluding hydrogens is 258 g/mol. The molecule has 1 N–H and O–H groups in total. The molecule has 0 spiro atoms. The highest BCUT2D eigenvalue weighted by molar-refractivity contribution is 7.99. The average Bonchev–Trinajstić information content (AvgIpc) is 2.43. The Hall–Kier alpha value is -0.220. The van der Waals surface area contributed by atoms with E-state index in [0.717, 1.165) is 25.8 Å². The van der Waals surface area contributed by atoms with Crippen molar-refractivity contribution in [2.45, 2.75) is 69.6 Å². The molecule has 4 heteroatoms. The van der Waals surface area contributed by atoms with E-state index < -0.39 is 5.54 Å². The van der Waals surface area contributed by atoms with Crippen LogP contribution in [0.2, 0.25) is 0 Å². The molecule has 0 heterocycles. The molecule has 2 atom stereocenters. The minimum atomic E-state index is -0.426. The van der Waals surface area contributed by atoms with Crippen LogP contribution in [-0.2, 0) is 9.53 Å². The second-order valence-corrected chi connectivity index (χ2v) is 6.81. The van der Waals surface area contributed by atoms with Crippen molar-refractivity contribution in [3.8, 4) is 0 Å². The van der Waals surface area contributed by atoms with Gasteiger partial charge >= 0.3 is 5.97 Å². The number of carbonyl (C=O) groups excluding carboxylic acids is 1. The van der Waals surface area contributed by atoms with Crippen molar-refractivity contribution in [2.75, 3.05) is 19.4 Å². The van der Waals surface area contributed by atoms with Crippen LogP contribution in [0, 0.1) is 0 Å². The molecule has 0 aromatic rings. The van der Waals surface area contributed by atoms with Crippen LogP contribution < -0.4 is 5.32 Å². The Balaban J connectivity index is 2.51. The maximum atomic E-state index is 12.1. The van der Waals surface area contributed by atoms with E-state index in [1.165, 1.54) is 38.5 Å². The lowest BCUT2D eigenvalue weighted by Crippen LogP contribution is -2.56. The van der Waals surface area contributed by atoms with Crippen molar-refractivity contribution in [2.24, 2.45) is 0 Å². The van der Waals surface area contributed by atoms with Crippen molar-refractivity contribution in [3.05, 3.63) is 0 Å². The van der Waals surface area contributed by atoms with Gasteiger partial charge in [0, 0.05) is 5.25 Å². The molecule has 0 radical (unpaired) electrons. The van der Waals surface area contributed by atoms with E-state index in [9.17, 15) is 4.79 Å². The van der Waals surface area contributed by atoms with Gasteiger partial charge in [-0.1, -0.05) is 26.7 Å². The van der Waals surface area contributed by atoms with Gasteiger partial charge < -0.3 is 10.1 Å². The van der Waals surface area contributed by atoms with Crippen molar-refractivity contribution in [1.29, 1.82) is 0 Å². The Morgan fingerprint density at radius 2 is 2.21 bits per heavy atom. The summed E-state index contributed by atoms with van der Waals surface area (Å²) >= 11 is 2.05. The molecule has 0 aromatic heterocycles. The number of nitrogens with one attached hydrogen (secondary N) is 1. The fraction of sp³-hybridized carbons (Fsp3) is 0.933. The molecular formula is C15H29NO2S. The minimum Gasteiger partial charge on any atom is -0.468 e. The molecule has 0 aromatic carbocycles. The molecule has 1 aliphatic rings. The highest BCUT2D eigenvalue weighted by Gasteiger charge is 2.43. The van der Waals surface area contributed by atoms with Crippen LogP contribution in [-0.4, -0.2) is 36.2 Å². The van der Waals surface area contributed by atoms with Crippen LogP contribution in [0.1, 0.15) is 58.8 Å². The molecule has 1 aliphatic carbocycles. The van der Waals surface area contributed by atoms with Crippen LogP contribution in [0.25, 0.3) is 0 Å². The third-order valence-corrected chi connectivity index (χ3v) is 5.30. The molecule has 0 amide bonds. The lowest BCUT2D eigenvalue weighted by Gasteiger charge is -2.39. The summed E-state index contributed by atoms with van der Waals surface area (Å²) < 4.78 is 5.03. The molecule has 3 nitrogen and oxygen atoms in total. The quantitative estimate of drug-likeness (QED) is 0.549. The van der Waals surface area contributed by atoms with Gasteiger partial charge in [0.15, 0.2) is 0 Å².